The van der Waals surface area contributed by atoms with Crippen LogP contribution in [0.3, 0.4) is 0 Å². The fourth-order valence-corrected chi connectivity index (χ4v) is 2.09. The van der Waals surface area contributed by atoms with Gasteiger partial charge < -0.3 is 10.2 Å². The molecule has 96 valence electrons. The normalized spacial score (nSPS) is 13.7. The molecule has 6 heteroatoms. The Hall–Kier alpha value is -1.62. The molecule has 18 heavy (non-hydrogen) atoms. The molecule has 0 bridgehead atoms. The Labute approximate surface area is 110 Å². The maximum Gasteiger partial charge on any atom is 0.256 e. The van der Waals surface area contributed by atoms with Crippen LogP contribution in [-0.2, 0) is 11.3 Å². The van der Waals surface area contributed by atoms with E-state index in [0.29, 0.717) is 30.4 Å². The maximum absolute atomic E-state index is 12.0. The van der Waals surface area contributed by atoms with Gasteiger partial charge in [0.1, 0.15) is 5.15 Å². The van der Waals surface area contributed by atoms with Crippen LogP contribution in [0.25, 0.3) is 0 Å². The van der Waals surface area contributed by atoms with Crippen molar-refractivity contribution in [2.45, 2.75) is 19.9 Å². The number of fused-ring (bicyclic) bond motifs is 1. The molecule has 0 spiro atoms. The van der Waals surface area contributed by atoms with Crippen molar-refractivity contribution in [2.24, 2.45) is 0 Å². The van der Waals surface area contributed by atoms with Crippen LogP contribution in [-0.4, -0.2) is 34.8 Å². The van der Waals surface area contributed by atoms with Crippen molar-refractivity contribution in [1.29, 1.82) is 0 Å². The second-order valence-corrected chi connectivity index (χ2v) is 4.58. The van der Waals surface area contributed by atoms with Crippen LogP contribution in [0, 0.1) is 0 Å². The van der Waals surface area contributed by atoms with Crippen LogP contribution in [0.4, 0.5) is 0 Å². The second kappa shape index (κ2) is 5.35. The summed E-state index contributed by atoms with van der Waals surface area (Å²) < 4.78 is 0. The maximum atomic E-state index is 12.0. The number of nitrogens with zero attached hydrogens (tertiary/aromatic N) is 2. The van der Waals surface area contributed by atoms with Crippen molar-refractivity contribution in [3.05, 3.63) is 28.5 Å². The molecule has 1 aromatic rings. The monoisotopic (exact) mass is 267 g/mol. The first-order valence-electron chi connectivity index (χ1n) is 5.77. The summed E-state index contributed by atoms with van der Waals surface area (Å²) >= 11 is 5.79. The average Bonchev–Trinajstić information content (AvgIpc) is 2.61. The SMILES string of the molecule is CC(=O)NCCCN1Cc2nc(Cl)ccc2C1=O. The second-order valence-electron chi connectivity index (χ2n) is 4.19. The molecule has 0 aromatic carbocycles. The molecule has 0 fully saturated rings. The molecule has 1 aromatic heterocycles. The number of hydrogen-bond acceptors (Lipinski definition) is 3. The van der Waals surface area contributed by atoms with Gasteiger partial charge in [-0.2, -0.15) is 0 Å². The zero-order chi connectivity index (χ0) is 13.1. The molecule has 1 aliphatic rings. The molecule has 0 saturated heterocycles. The fraction of sp³-hybridized carbons (Fsp3) is 0.417. The summed E-state index contributed by atoms with van der Waals surface area (Å²) in [6, 6.07) is 3.33. The molecule has 5 nitrogen and oxygen atoms in total. The largest absolute Gasteiger partial charge is 0.356 e. The molecule has 0 radical (unpaired) electrons. The number of carbonyl (C=O) groups is 2. The van der Waals surface area contributed by atoms with Crippen molar-refractivity contribution in [2.75, 3.05) is 13.1 Å². The Morgan fingerprint density at radius 1 is 1.56 bits per heavy atom. The van der Waals surface area contributed by atoms with Crippen LogP contribution in [0.2, 0.25) is 5.15 Å². The van der Waals surface area contributed by atoms with Gasteiger partial charge in [0.25, 0.3) is 5.91 Å². The smallest absolute Gasteiger partial charge is 0.256 e. The molecule has 0 saturated carbocycles. The highest BCUT2D eigenvalue weighted by Crippen LogP contribution is 2.22. The molecule has 0 aliphatic carbocycles. The quantitative estimate of drug-likeness (QED) is 0.659. The van der Waals surface area contributed by atoms with E-state index in [4.69, 9.17) is 11.6 Å². The van der Waals surface area contributed by atoms with E-state index in [1.807, 2.05) is 0 Å². The van der Waals surface area contributed by atoms with E-state index in [9.17, 15) is 9.59 Å². The number of hydrogen-bond donors (Lipinski definition) is 1. The minimum atomic E-state index is -0.0560. The number of nitrogens with one attached hydrogen (secondary N) is 1. The highest BCUT2D eigenvalue weighted by Gasteiger charge is 2.27. The van der Waals surface area contributed by atoms with Gasteiger partial charge in [-0.15, -0.1) is 0 Å². The number of pyridine rings is 1. The topological polar surface area (TPSA) is 62.3 Å². The lowest BCUT2D eigenvalue weighted by atomic mass is 10.2. The van der Waals surface area contributed by atoms with Crippen molar-refractivity contribution in [3.63, 3.8) is 0 Å². The molecule has 2 amide bonds. The predicted octanol–water partition coefficient (Wildman–Crippen LogP) is 1.22. The Bertz CT molecular complexity index is 490. The zero-order valence-electron chi connectivity index (χ0n) is 10.1. The Morgan fingerprint density at radius 3 is 3.06 bits per heavy atom. The molecule has 1 N–H and O–H groups in total. The number of amides is 2. The van der Waals surface area contributed by atoms with E-state index in [-0.39, 0.29) is 11.8 Å². The lowest BCUT2D eigenvalue weighted by Crippen LogP contribution is -2.29. The molecule has 0 atom stereocenters. The Morgan fingerprint density at radius 2 is 2.33 bits per heavy atom. The summed E-state index contributed by atoms with van der Waals surface area (Å²) in [6.45, 7) is 3.15. The molecule has 2 rings (SSSR count). The minimum Gasteiger partial charge on any atom is -0.356 e. The van der Waals surface area contributed by atoms with Crippen molar-refractivity contribution in [3.8, 4) is 0 Å². The first-order chi connectivity index (χ1) is 8.58. The number of carbonyl (C=O) groups excluding carboxylic acids is 2. The number of rotatable bonds is 4. The molecular formula is C12H14ClN3O2. The van der Waals surface area contributed by atoms with Crippen LogP contribution in [0.15, 0.2) is 12.1 Å². The number of aromatic nitrogens is 1. The summed E-state index contributed by atoms with van der Waals surface area (Å²) in [5, 5.41) is 3.11. The predicted molar refractivity (Wildman–Crippen MR) is 67.3 cm³/mol. The van der Waals surface area contributed by atoms with E-state index < -0.39 is 0 Å². The van der Waals surface area contributed by atoms with E-state index in [1.54, 1.807) is 17.0 Å². The van der Waals surface area contributed by atoms with Gasteiger partial charge in [-0.25, -0.2) is 4.98 Å². The van der Waals surface area contributed by atoms with E-state index in [1.165, 1.54) is 6.92 Å². The van der Waals surface area contributed by atoms with Gasteiger partial charge in [0.2, 0.25) is 5.91 Å². The van der Waals surface area contributed by atoms with Crippen molar-refractivity contribution >= 4 is 23.4 Å². The molecule has 2 heterocycles. The van der Waals surface area contributed by atoms with Crippen LogP contribution >= 0.6 is 11.6 Å². The number of halogens is 1. The van der Waals surface area contributed by atoms with E-state index >= 15 is 0 Å². The molecule has 1 aliphatic heterocycles. The van der Waals surface area contributed by atoms with Crippen molar-refractivity contribution in [1.82, 2.24) is 15.2 Å². The van der Waals surface area contributed by atoms with Gasteiger partial charge >= 0.3 is 0 Å². The van der Waals surface area contributed by atoms with Gasteiger partial charge in [-0.1, -0.05) is 11.6 Å². The standard InChI is InChI=1S/C12H14ClN3O2/c1-8(17)14-5-2-6-16-7-10-9(12(16)18)3-4-11(13)15-10/h3-4H,2,5-7H2,1H3,(H,14,17). The van der Waals surface area contributed by atoms with E-state index in [2.05, 4.69) is 10.3 Å². The van der Waals surface area contributed by atoms with E-state index in [0.717, 1.165) is 12.1 Å². The lowest BCUT2D eigenvalue weighted by molar-refractivity contribution is -0.118. The third-order valence-electron chi connectivity index (χ3n) is 2.78. The highest BCUT2D eigenvalue weighted by molar-refractivity contribution is 6.29. The molecule has 0 unspecified atom stereocenters. The van der Waals surface area contributed by atoms with Crippen LogP contribution in [0.1, 0.15) is 29.4 Å². The Kier molecular flexibility index (Phi) is 3.81. The third kappa shape index (κ3) is 2.79. The first-order valence-corrected chi connectivity index (χ1v) is 6.15. The zero-order valence-corrected chi connectivity index (χ0v) is 10.8. The van der Waals surface area contributed by atoms with Gasteiger partial charge in [0.15, 0.2) is 0 Å². The summed E-state index contributed by atoms with van der Waals surface area (Å²) in [5.41, 5.74) is 1.35. The third-order valence-corrected chi connectivity index (χ3v) is 2.99. The highest BCUT2D eigenvalue weighted by atomic mass is 35.5. The summed E-state index contributed by atoms with van der Waals surface area (Å²) in [5.74, 6) is -0.0727. The van der Waals surface area contributed by atoms with Crippen molar-refractivity contribution < 1.29 is 9.59 Å². The average molecular weight is 268 g/mol. The van der Waals surface area contributed by atoms with Crippen LogP contribution < -0.4 is 5.32 Å². The van der Waals surface area contributed by atoms with Gasteiger partial charge in [0.05, 0.1) is 17.8 Å². The van der Waals surface area contributed by atoms with Crippen LogP contribution in [0.5, 0.6) is 0 Å². The molecular weight excluding hydrogens is 254 g/mol. The lowest BCUT2D eigenvalue weighted by Gasteiger charge is -2.14. The minimum absolute atomic E-state index is 0.0167. The summed E-state index contributed by atoms with van der Waals surface area (Å²) in [6.07, 6.45) is 0.729. The summed E-state index contributed by atoms with van der Waals surface area (Å²) in [4.78, 5) is 28.6. The first kappa shape index (κ1) is 12.8. The van der Waals surface area contributed by atoms with Gasteiger partial charge in [-0.05, 0) is 18.6 Å². The Balaban J connectivity index is 1.91. The van der Waals surface area contributed by atoms with Gasteiger partial charge in [0, 0.05) is 20.0 Å². The fourth-order valence-electron chi connectivity index (χ4n) is 1.93. The van der Waals surface area contributed by atoms with Gasteiger partial charge in [-0.3, -0.25) is 9.59 Å². The summed E-state index contributed by atoms with van der Waals surface area (Å²) in [7, 11) is 0.